The van der Waals surface area contributed by atoms with Gasteiger partial charge in [0.15, 0.2) is 11.2 Å². The maximum Gasteiger partial charge on any atom is 0.332 e. The van der Waals surface area contributed by atoms with Crippen molar-refractivity contribution in [3.63, 3.8) is 0 Å². The lowest BCUT2D eigenvalue weighted by atomic mass is 10.0. The molecule has 1 unspecified atom stereocenters. The molecule has 0 spiro atoms. The van der Waals surface area contributed by atoms with Crippen LogP contribution in [0.1, 0.15) is 43.4 Å². The molecular formula is C26H36N6O2. The average Bonchev–Trinajstić information content (AvgIpc) is 3.18. The van der Waals surface area contributed by atoms with Gasteiger partial charge in [0.05, 0.1) is 0 Å². The first-order valence-electron chi connectivity index (χ1n) is 12.1. The number of nitrogens with two attached hydrogens (primary N) is 1. The Balaban J connectivity index is 1.82. The number of aromatic nitrogens is 4. The Hall–Kier alpha value is -3.13. The number of aryl methyl sites for hydroxylation is 4. The SMILES string of the molecule is CC(C)=CCn1c(N2CCCC(N)C2)nc2c1c(=O)n(CCc1ccc(C)c(C)c1)c(=O)n2C. The van der Waals surface area contributed by atoms with Crippen molar-refractivity contribution in [2.45, 2.75) is 66.1 Å². The molecule has 8 nitrogen and oxygen atoms in total. The van der Waals surface area contributed by atoms with E-state index in [1.54, 1.807) is 7.05 Å². The van der Waals surface area contributed by atoms with Crippen LogP contribution in [0.5, 0.6) is 0 Å². The van der Waals surface area contributed by atoms with Crippen molar-refractivity contribution >= 4 is 17.1 Å². The summed E-state index contributed by atoms with van der Waals surface area (Å²) in [6, 6.07) is 6.34. The zero-order valence-electron chi connectivity index (χ0n) is 21.0. The van der Waals surface area contributed by atoms with Crippen molar-refractivity contribution in [1.82, 2.24) is 18.7 Å². The summed E-state index contributed by atoms with van der Waals surface area (Å²) in [6.45, 7) is 10.6. The highest BCUT2D eigenvalue weighted by Gasteiger charge is 2.26. The third-order valence-electron chi connectivity index (χ3n) is 6.83. The number of hydrogen-bond acceptors (Lipinski definition) is 5. The minimum Gasteiger partial charge on any atom is -0.341 e. The fourth-order valence-corrected chi connectivity index (χ4v) is 4.64. The first kappa shape index (κ1) is 24.0. The smallest absolute Gasteiger partial charge is 0.332 e. The topological polar surface area (TPSA) is 91.1 Å². The van der Waals surface area contributed by atoms with Crippen LogP contribution in [0.25, 0.3) is 11.2 Å². The lowest BCUT2D eigenvalue weighted by molar-refractivity contribution is 0.495. The highest BCUT2D eigenvalue weighted by molar-refractivity contribution is 5.74. The molecule has 3 heterocycles. The summed E-state index contributed by atoms with van der Waals surface area (Å²) < 4.78 is 4.81. The van der Waals surface area contributed by atoms with Gasteiger partial charge in [-0.1, -0.05) is 29.8 Å². The summed E-state index contributed by atoms with van der Waals surface area (Å²) in [5, 5.41) is 0. The Kier molecular flexibility index (Phi) is 6.79. The average molecular weight is 465 g/mol. The molecule has 1 aliphatic heterocycles. The van der Waals surface area contributed by atoms with Crippen LogP contribution in [0.4, 0.5) is 5.95 Å². The molecule has 3 aromatic rings. The molecule has 1 aliphatic rings. The van der Waals surface area contributed by atoms with E-state index in [0.29, 0.717) is 43.2 Å². The number of nitrogens with zero attached hydrogens (tertiary/aromatic N) is 5. The predicted octanol–water partition coefficient (Wildman–Crippen LogP) is 2.65. The number of hydrogen-bond donors (Lipinski definition) is 1. The molecule has 0 bridgehead atoms. The Labute approximate surface area is 200 Å². The van der Waals surface area contributed by atoms with Crippen LogP contribution >= 0.6 is 0 Å². The molecule has 0 radical (unpaired) electrons. The van der Waals surface area contributed by atoms with Gasteiger partial charge in [-0.05, 0) is 63.6 Å². The zero-order chi connectivity index (χ0) is 24.6. The molecule has 4 rings (SSSR count). The minimum atomic E-state index is -0.338. The van der Waals surface area contributed by atoms with Crippen molar-refractivity contribution in [2.24, 2.45) is 12.8 Å². The predicted molar refractivity (Wildman–Crippen MR) is 138 cm³/mol. The van der Waals surface area contributed by atoms with Crippen LogP contribution in [0.2, 0.25) is 0 Å². The number of anilines is 1. The Morgan fingerprint density at radius 3 is 2.62 bits per heavy atom. The molecule has 1 aromatic carbocycles. The molecule has 1 saturated heterocycles. The highest BCUT2D eigenvalue weighted by Crippen LogP contribution is 2.23. The Morgan fingerprint density at radius 2 is 1.94 bits per heavy atom. The number of piperidine rings is 1. The summed E-state index contributed by atoms with van der Waals surface area (Å²) in [4.78, 5) is 33.8. The molecule has 0 amide bonds. The summed E-state index contributed by atoms with van der Waals surface area (Å²) in [5.74, 6) is 0.710. The second-order valence-electron chi connectivity index (χ2n) is 9.79. The Morgan fingerprint density at radius 1 is 1.18 bits per heavy atom. The van der Waals surface area contributed by atoms with Gasteiger partial charge in [0, 0.05) is 39.3 Å². The lowest BCUT2D eigenvalue weighted by Crippen LogP contribution is -2.44. The maximum absolute atomic E-state index is 13.7. The van der Waals surface area contributed by atoms with E-state index in [2.05, 4.69) is 43.0 Å². The van der Waals surface area contributed by atoms with E-state index in [1.165, 1.54) is 20.3 Å². The van der Waals surface area contributed by atoms with E-state index >= 15 is 0 Å². The quantitative estimate of drug-likeness (QED) is 0.567. The van der Waals surface area contributed by atoms with Gasteiger partial charge < -0.3 is 15.2 Å². The molecule has 0 saturated carbocycles. The molecular weight excluding hydrogens is 428 g/mol. The minimum absolute atomic E-state index is 0.0731. The molecule has 2 aromatic heterocycles. The monoisotopic (exact) mass is 464 g/mol. The van der Waals surface area contributed by atoms with E-state index in [4.69, 9.17) is 10.7 Å². The van der Waals surface area contributed by atoms with E-state index in [1.807, 2.05) is 18.4 Å². The van der Waals surface area contributed by atoms with Crippen molar-refractivity contribution in [3.05, 3.63) is 67.4 Å². The van der Waals surface area contributed by atoms with Gasteiger partial charge in [0.2, 0.25) is 5.95 Å². The molecule has 1 atom stereocenters. The van der Waals surface area contributed by atoms with Gasteiger partial charge in [-0.25, -0.2) is 4.79 Å². The van der Waals surface area contributed by atoms with Gasteiger partial charge in [-0.3, -0.25) is 13.9 Å². The second-order valence-corrected chi connectivity index (χ2v) is 9.79. The second kappa shape index (κ2) is 9.62. The van der Waals surface area contributed by atoms with E-state index in [-0.39, 0.29) is 17.3 Å². The third-order valence-corrected chi connectivity index (χ3v) is 6.83. The van der Waals surface area contributed by atoms with Crippen LogP contribution in [0.3, 0.4) is 0 Å². The molecule has 8 heteroatoms. The lowest BCUT2D eigenvalue weighted by Gasteiger charge is -2.31. The summed E-state index contributed by atoms with van der Waals surface area (Å²) in [5.41, 5.74) is 11.2. The number of benzene rings is 1. The van der Waals surface area contributed by atoms with Crippen molar-refractivity contribution < 1.29 is 0 Å². The largest absolute Gasteiger partial charge is 0.341 e. The van der Waals surface area contributed by atoms with Crippen LogP contribution in [-0.2, 0) is 26.6 Å². The standard InChI is InChI=1S/C26H36N6O2/c1-17(2)10-13-31-22-23(28-25(31)30-12-6-7-21(27)16-30)29(5)26(34)32(24(22)33)14-11-20-9-8-18(3)19(4)15-20/h8-10,15,21H,6-7,11-14,16,27H2,1-5H3. The van der Waals surface area contributed by atoms with Gasteiger partial charge in [0.1, 0.15) is 0 Å². The van der Waals surface area contributed by atoms with Gasteiger partial charge >= 0.3 is 5.69 Å². The fourth-order valence-electron chi connectivity index (χ4n) is 4.64. The fraction of sp³-hybridized carbons (Fsp3) is 0.500. The van der Waals surface area contributed by atoms with Gasteiger partial charge in [-0.15, -0.1) is 0 Å². The van der Waals surface area contributed by atoms with E-state index in [0.717, 1.165) is 30.5 Å². The van der Waals surface area contributed by atoms with Crippen molar-refractivity contribution in [2.75, 3.05) is 18.0 Å². The number of imidazole rings is 1. The molecule has 0 aliphatic carbocycles. The summed E-state index contributed by atoms with van der Waals surface area (Å²) >= 11 is 0. The van der Waals surface area contributed by atoms with Crippen LogP contribution < -0.4 is 21.9 Å². The van der Waals surface area contributed by atoms with Crippen molar-refractivity contribution in [3.8, 4) is 0 Å². The van der Waals surface area contributed by atoms with Crippen LogP contribution in [0, 0.1) is 13.8 Å². The first-order valence-corrected chi connectivity index (χ1v) is 12.1. The number of allylic oxidation sites excluding steroid dienone is 2. The van der Waals surface area contributed by atoms with Crippen LogP contribution in [-0.4, -0.2) is 37.8 Å². The summed E-state index contributed by atoms with van der Waals surface area (Å²) in [7, 11) is 1.70. The number of rotatable bonds is 6. The summed E-state index contributed by atoms with van der Waals surface area (Å²) in [6.07, 6.45) is 4.65. The molecule has 1 fully saturated rings. The maximum atomic E-state index is 13.7. The van der Waals surface area contributed by atoms with E-state index in [9.17, 15) is 9.59 Å². The normalized spacial score (nSPS) is 16.3. The van der Waals surface area contributed by atoms with E-state index < -0.39 is 0 Å². The van der Waals surface area contributed by atoms with Gasteiger partial charge in [-0.2, -0.15) is 4.98 Å². The van der Waals surface area contributed by atoms with Crippen LogP contribution in [0.15, 0.2) is 39.4 Å². The molecule has 34 heavy (non-hydrogen) atoms. The number of fused-ring (bicyclic) bond motifs is 1. The Bertz CT molecular complexity index is 1360. The first-order chi connectivity index (χ1) is 16.2. The molecule has 2 N–H and O–H groups in total. The highest BCUT2D eigenvalue weighted by atomic mass is 16.2. The third kappa shape index (κ3) is 4.59. The van der Waals surface area contributed by atoms with Gasteiger partial charge in [0.25, 0.3) is 5.56 Å². The molecule has 182 valence electrons. The van der Waals surface area contributed by atoms with Crippen molar-refractivity contribution in [1.29, 1.82) is 0 Å². The zero-order valence-corrected chi connectivity index (χ0v) is 21.0.